The zero-order valence-corrected chi connectivity index (χ0v) is 22.7. The van der Waals surface area contributed by atoms with Crippen molar-refractivity contribution in [2.45, 2.75) is 70.9 Å². The highest BCUT2D eigenvalue weighted by atomic mass is 35.5. The Balaban J connectivity index is 1.63. The molecule has 0 atom stereocenters. The maximum absolute atomic E-state index is 13.9. The fourth-order valence-electron chi connectivity index (χ4n) is 5.10. The van der Waals surface area contributed by atoms with Gasteiger partial charge in [-0.1, -0.05) is 50.8 Å². The second-order valence-electron chi connectivity index (χ2n) is 10.2. The van der Waals surface area contributed by atoms with Crippen molar-refractivity contribution in [1.29, 1.82) is 0 Å². The van der Waals surface area contributed by atoms with Gasteiger partial charge in [-0.05, 0) is 48.9 Å². The lowest BCUT2D eigenvalue weighted by Crippen LogP contribution is -2.46. The number of ether oxygens (including phenoxy) is 1. The lowest BCUT2D eigenvalue weighted by atomic mass is 9.69. The summed E-state index contributed by atoms with van der Waals surface area (Å²) in [4.78, 5) is 40.7. The number of carbonyl (C=O) groups excluding carboxylic acids is 1. The van der Waals surface area contributed by atoms with Gasteiger partial charge in [0.1, 0.15) is 17.0 Å². The predicted octanol–water partition coefficient (Wildman–Crippen LogP) is 6.69. The summed E-state index contributed by atoms with van der Waals surface area (Å²) in [6.45, 7) is 3.96. The van der Waals surface area contributed by atoms with Gasteiger partial charge in [0.2, 0.25) is 5.88 Å². The number of aromatic nitrogens is 4. The van der Waals surface area contributed by atoms with Crippen LogP contribution in [0.3, 0.4) is 0 Å². The van der Waals surface area contributed by atoms with E-state index >= 15 is 0 Å². The number of aromatic amines is 1. The normalized spacial score (nSPS) is 15.4. The molecule has 0 bridgehead atoms. The number of benzene rings is 1. The number of carbonyl (C=O) groups is 1. The van der Waals surface area contributed by atoms with E-state index in [9.17, 15) is 22.8 Å². The molecule has 2 heterocycles. The van der Waals surface area contributed by atoms with E-state index in [1.807, 2.05) is 13.8 Å². The van der Waals surface area contributed by atoms with Crippen LogP contribution in [0.2, 0.25) is 5.02 Å². The van der Waals surface area contributed by atoms with Crippen molar-refractivity contribution in [3.63, 3.8) is 0 Å². The molecule has 11 heteroatoms. The monoisotopic (exact) mass is 562 g/mol. The third-order valence-corrected chi connectivity index (χ3v) is 7.64. The van der Waals surface area contributed by atoms with Crippen LogP contribution in [-0.2, 0) is 11.2 Å². The average Bonchev–Trinajstić information content (AvgIpc) is 2.91. The van der Waals surface area contributed by atoms with Crippen molar-refractivity contribution < 1.29 is 22.7 Å². The van der Waals surface area contributed by atoms with Crippen LogP contribution in [0.5, 0.6) is 5.88 Å². The van der Waals surface area contributed by atoms with E-state index in [0.29, 0.717) is 41.8 Å². The van der Waals surface area contributed by atoms with Crippen LogP contribution in [0, 0.1) is 5.41 Å². The number of nitrogens with one attached hydrogen (secondary N) is 1. The third kappa shape index (κ3) is 6.00. The molecule has 0 radical (unpaired) electrons. The van der Waals surface area contributed by atoms with Gasteiger partial charge in [-0.2, -0.15) is 18.2 Å². The number of aryl methyl sites for hydroxylation is 1. The Hall–Kier alpha value is -3.27. The molecule has 0 spiro atoms. The zero-order valence-electron chi connectivity index (χ0n) is 22.0. The highest BCUT2D eigenvalue weighted by molar-refractivity contribution is 6.33. The molecule has 39 heavy (non-hydrogen) atoms. The van der Waals surface area contributed by atoms with Crippen LogP contribution in [0.1, 0.15) is 69.4 Å². The maximum atomic E-state index is 13.9. The molecular weight excluding hydrogens is 533 g/mol. The number of H-pyrrole nitrogens is 1. The van der Waals surface area contributed by atoms with E-state index in [4.69, 9.17) is 16.3 Å². The summed E-state index contributed by atoms with van der Waals surface area (Å²) in [7, 11) is 1.52. The number of alkyl halides is 3. The molecule has 0 unspecified atom stereocenters. The smallest absolute Gasteiger partial charge is 0.401 e. The summed E-state index contributed by atoms with van der Waals surface area (Å²) >= 11 is 6.43. The Labute approximate surface area is 229 Å². The highest BCUT2D eigenvalue weighted by Crippen LogP contribution is 2.50. The van der Waals surface area contributed by atoms with E-state index in [1.54, 1.807) is 24.3 Å². The summed E-state index contributed by atoms with van der Waals surface area (Å²) in [6.07, 6.45) is -2.05. The van der Waals surface area contributed by atoms with Crippen molar-refractivity contribution >= 4 is 17.4 Å². The van der Waals surface area contributed by atoms with Crippen LogP contribution in [-0.4, -0.2) is 39.0 Å². The number of methoxy groups -OCH3 is 1. The summed E-state index contributed by atoms with van der Waals surface area (Å²) in [5.41, 5.74) is -0.622. The van der Waals surface area contributed by atoms with E-state index < -0.39 is 23.1 Å². The second kappa shape index (κ2) is 11.5. The minimum atomic E-state index is -4.57. The largest absolute Gasteiger partial charge is 0.481 e. The molecule has 0 amide bonds. The van der Waals surface area contributed by atoms with Gasteiger partial charge in [-0.3, -0.25) is 9.78 Å². The van der Waals surface area contributed by atoms with Crippen molar-refractivity contribution in [3.8, 4) is 28.7 Å². The van der Waals surface area contributed by atoms with E-state index in [-0.39, 0.29) is 48.3 Å². The number of halogens is 4. The van der Waals surface area contributed by atoms with Gasteiger partial charge in [0, 0.05) is 29.3 Å². The Morgan fingerprint density at radius 2 is 1.87 bits per heavy atom. The molecule has 7 nitrogen and oxygen atoms in total. The Kier molecular flexibility index (Phi) is 8.44. The molecule has 3 aromatic rings. The van der Waals surface area contributed by atoms with Crippen molar-refractivity contribution in [2.75, 3.05) is 7.11 Å². The molecular formula is C28H30ClF3N4O3. The number of hydrogen-bond donors (Lipinski definition) is 1. The average molecular weight is 563 g/mol. The van der Waals surface area contributed by atoms with Crippen LogP contribution in [0.4, 0.5) is 13.2 Å². The lowest BCUT2D eigenvalue weighted by Gasteiger charge is -2.37. The van der Waals surface area contributed by atoms with Crippen LogP contribution in [0.15, 0.2) is 35.3 Å². The van der Waals surface area contributed by atoms with Crippen molar-refractivity contribution in [1.82, 2.24) is 19.9 Å². The first kappa shape index (κ1) is 28.7. The maximum Gasteiger partial charge on any atom is 0.401 e. The molecule has 2 aromatic heterocycles. The number of ketones is 1. The molecule has 1 aliphatic rings. The highest BCUT2D eigenvalue weighted by Gasteiger charge is 2.58. The molecule has 1 saturated carbocycles. The van der Waals surface area contributed by atoms with Gasteiger partial charge in [0.15, 0.2) is 5.82 Å². The summed E-state index contributed by atoms with van der Waals surface area (Å²) in [6, 6.07) is 6.66. The van der Waals surface area contributed by atoms with Gasteiger partial charge in [-0.25, -0.2) is 14.8 Å². The van der Waals surface area contributed by atoms with Crippen LogP contribution >= 0.6 is 11.6 Å². The molecule has 0 saturated heterocycles. The van der Waals surface area contributed by atoms with E-state index in [1.165, 1.54) is 13.3 Å². The number of rotatable bonds is 8. The Bertz CT molecular complexity index is 1420. The second-order valence-corrected chi connectivity index (χ2v) is 10.6. The Morgan fingerprint density at radius 1 is 1.15 bits per heavy atom. The first-order chi connectivity index (χ1) is 18.4. The SMILES string of the molecule is COc1ncc(-c2nc(-c3cc(CCC(=O)C4(C(F)(F)F)CCCCC4)ccc3Cl)[nH]c(=O)n2)cc1C(C)C. The fraction of sp³-hybridized carbons (Fsp3) is 0.464. The number of hydrogen-bond acceptors (Lipinski definition) is 6. The zero-order chi connectivity index (χ0) is 28.4. The first-order valence-electron chi connectivity index (χ1n) is 12.9. The quantitative estimate of drug-likeness (QED) is 0.328. The molecule has 208 valence electrons. The lowest BCUT2D eigenvalue weighted by molar-refractivity contribution is -0.228. The fourth-order valence-corrected chi connectivity index (χ4v) is 5.31. The van der Waals surface area contributed by atoms with Gasteiger partial charge < -0.3 is 4.74 Å². The van der Waals surface area contributed by atoms with Crippen LogP contribution in [0.25, 0.3) is 22.8 Å². The molecule has 1 aromatic carbocycles. The minimum absolute atomic E-state index is 0.0906. The van der Waals surface area contributed by atoms with Gasteiger partial charge >= 0.3 is 11.9 Å². The topological polar surface area (TPSA) is 97.8 Å². The van der Waals surface area contributed by atoms with Gasteiger partial charge in [-0.15, -0.1) is 0 Å². The summed E-state index contributed by atoms with van der Waals surface area (Å²) < 4.78 is 47.1. The van der Waals surface area contributed by atoms with Gasteiger partial charge in [0.25, 0.3) is 0 Å². The third-order valence-electron chi connectivity index (χ3n) is 7.31. The van der Waals surface area contributed by atoms with Crippen LogP contribution < -0.4 is 10.4 Å². The van der Waals surface area contributed by atoms with Crippen molar-refractivity contribution in [2.24, 2.45) is 5.41 Å². The van der Waals surface area contributed by atoms with Gasteiger partial charge in [0.05, 0.1) is 12.1 Å². The molecule has 1 aliphatic carbocycles. The van der Waals surface area contributed by atoms with E-state index in [0.717, 1.165) is 5.56 Å². The van der Waals surface area contributed by atoms with Crippen molar-refractivity contribution in [3.05, 3.63) is 57.1 Å². The summed E-state index contributed by atoms with van der Waals surface area (Å²) in [5.74, 6) is 0.0466. The standard InChI is InChI=1S/C28H30ClF3N4O3/c1-16(2)19-14-18(15-33-25(19)39-3)23-34-24(36-26(38)35-23)20-13-17(7-9-21(20)29)8-10-22(37)27(28(30,31)32)11-5-4-6-12-27/h7,9,13-16H,4-6,8,10-12H2,1-3H3,(H,34,35,36,38). The predicted molar refractivity (Wildman–Crippen MR) is 142 cm³/mol. The number of Topliss-reactive ketones (excluding diaryl/α,β-unsaturated/α-hetero) is 1. The Morgan fingerprint density at radius 3 is 2.51 bits per heavy atom. The number of nitrogens with zero attached hydrogens (tertiary/aromatic N) is 3. The molecule has 1 N–H and O–H groups in total. The minimum Gasteiger partial charge on any atom is -0.481 e. The first-order valence-corrected chi connectivity index (χ1v) is 13.2. The number of pyridine rings is 1. The summed E-state index contributed by atoms with van der Waals surface area (Å²) in [5, 5.41) is 0.278. The van der Waals surface area contributed by atoms with E-state index in [2.05, 4.69) is 19.9 Å². The molecule has 4 rings (SSSR count). The molecule has 1 fully saturated rings. The molecule has 0 aliphatic heterocycles.